The number of ether oxygens (including phenoxy) is 1. The van der Waals surface area contributed by atoms with Gasteiger partial charge in [0.05, 0.1) is 12.5 Å². The zero-order valence-electron chi connectivity index (χ0n) is 11.6. The van der Waals surface area contributed by atoms with E-state index in [0.717, 1.165) is 0 Å². The molecule has 0 aromatic rings. The second-order valence-corrected chi connectivity index (χ2v) is 4.59. The number of carbonyl (C=O) groups is 1. The third-order valence-electron chi connectivity index (χ3n) is 2.95. The van der Waals surface area contributed by atoms with Crippen LogP contribution in [0, 0.1) is 5.41 Å². The Labute approximate surface area is 114 Å². The molecule has 0 amide bonds. The number of rotatable bonds is 5. The van der Waals surface area contributed by atoms with Gasteiger partial charge < -0.3 is 9.84 Å². The lowest BCUT2D eigenvalue weighted by Gasteiger charge is -2.22. The number of allylic oxidation sites excluding steroid dienone is 8. The molecule has 0 saturated heterocycles. The Morgan fingerprint density at radius 2 is 2.11 bits per heavy atom. The summed E-state index contributed by atoms with van der Waals surface area (Å²) in [5.74, 6) is 0.259. The van der Waals surface area contributed by atoms with Crippen LogP contribution in [-0.2, 0) is 9.53 Å². The molecule has 3 heteroatoms. The van der Waals surface area contributed by atoms with E-state index < -0.39 is 5.41 Å². The van der Waals surface area contributed by atoms with E-state index >= 15 is 0 Å². The molecule has 1 N–H and O–H groups in total. The van der Waals surface area contributed by atoms with Crippen LogP contribution in [0.2, 0.25) is 0 Å². The summed E-state index contributed by atoms with van der Waals surface area (Å²) in [5, 5.41) is 9.80. The van der Waals surface area contributed by atoms with Crippen molar-refractivity contribution in [2.24, 2.45) is 5.41 Å². The molecule has 0 fully saturated rings. The number of carbonyl (C=O) groups excluding carboxylic acids is 1. The zero-order chi connectivity index (χ0) is 14.3. The summed E-state index contributed by atoms with van der Waals surface area (Å²) in [5.41, 5.74) is -0.579. The second kappa shape index (κ2) is 6.78. The highest BCUT2D eigenvalue weighted by atomic mass is 16.5. The van der Waals surface area contributed by atoms with E-state index in [1.165, 1.54) is 19.3 Å². The molecule has 0 radical (unpaired) electrons. The quantitative estimate of drug-likeness (QED) is 0.466. The van der Waals surface area contributed by atoms with Crippen molar-refractivity contribution in [3.05, 3.63) is 60.1 Å². The predicted octanol–water partition coefficient (Wildman–Crippen LogP) is 3.63. The van der Waals surface area contributed by atoms with Crippen LogP contribution in [0.5, 0.6) is 0 Å². The highest BCUT2D eigenvalue weighted by Crippen LogP contribution is 2.29. The molecule has 1 aliphatic carbocycles. The lowest BCUT2D eigenvalue weighted by Crippen LogP contribution is -2.24. The van der Waals surface area contributed by atoms with Crippen molar-refractivity contribution in [1.82, 2.24) is 0 Å². The molecule has 1 rings (SSSR count). The van der Waals surface area contributed by atoms with Crippen molar-refractivity contribution in [2.45, 2.75) is 20.3 Å². The van der Waals surface area contributed by atoms with Gasteiger partial charge in [-0.1, -0.05) is 30.4 Å². The molecule has 0 aromatic carbocycles. The monoisotopic (exact) mass is 260 g/mol. The van der Waals surface area contributed by atoms with Crippen molar-refractivity contribution in [2.75, 3.05) is 7.11 Å². The summed E-state index contributed by atoms with van der Waals surface area (Å²) in [4.78, 5) is 12.1. The molecule has 1 aliphatic rings. The Morgan fingerprint density at radius 3 is 2.63 bits per heavy atom. The fourth-order valence-electron chi connectivity index (χ4n) is 1.74. The third-order valence-corrected chi connectivity index (χ3v) is 2.95. The number of aliphatic hydroxyl groups excluding tert-OH is 1. The molecule has 0 saturated carbocycles. The van der Waals surface area contributed by atoms with Crippen LogP contribution in [0.15, 0.2) is 60.1 Å². The minimum absolute atomic E-state index is 0.107. The van der Waals surface area contributed by atoms with Gasteiger partial charge in [-0.15, -0.1) is 0 Å². The van der Waals surface area contributed by atoms with E-state index in [0.29, 0.717) is 12.2 Å². The molecule has 0 aromatic heterocycles. The average Bonchev–Trinajstić information content (AvgIpc) is 2.39. The summed E-state index contributed by atoms with van der Waals surface area (Å²) >= 11 is 0. The van der Waals surface area contributed by atoms with Gasteiger partial charge in [-0.25, -0.2) is 0 Å². The van der Waals surface area contributed by atoms with Crippen LogP contribution in [0.3, 0.4) is 0 Å². The Balaban J connectivity index is 2.87. The van der Waals surface area contributed by atoms with Crippen LogP contribution in [0.25, 0.3) is 0 Å². The number of ketones is 1. The molecule has 102 valence electrons. The van der Waals surface area contributed by atoms with Gasteiger partial charge >= 0.3 is 0 Å². The standard InChI is InChI=1S/C16H20O3/c1-4-8-14(19-3)11-13(17)12-15(18)16(2)9-6-5-7-10-16/h4-9,11-12,17H,10H2,1-3H3/b8-4-,13-12-,14-11+. The Morgan fingerprint density at radius 1 is 1.37 bits per heavy atom. The first-order chi connectivity index (χ1) is 9.01. The van der Waals surface area contributed by atoms with Crippen molar-refractivity contribution in [3.8, 4) is 0 Å². The van der Waals surface area contributed by atoms with Gasteiger partial charge in [0.2, 0.25) is 0 Å². The molecule has 0 aliphatic heterocycles. The van der Waals surface area contributed by atoms with Crippen molar-refractivity contribution in [3.63, 3.8) is 0 Å². The van der Waals surface area contributed by atoms with E-state index in [2.05, 4.69) is 0 Å². The average molecular weight is 260 g/mol. The first-order valence-corrected chi connectivity index (χ1v) is 6.19. The summed E-state index contributed by atoms with van der Waals surface area (Å²) in [6, 6.07) is 0. The minimum atomic E-state index is -0.579. The highest BCUT2D eigenvalue weighted by Gasteiger charge is 2.28. The van der Waals surface area contributed by atoms with Gasteiger partial charge in [0.1, 0.15) is 11.5 Å². The fourth-order valence-corrected chi connectivity index (χ4v) is 1.74. The molecule has 19 heavy (non-hydrogen) atoms. The summed E-state index contributed by atoms with van der Waals surface area (Å²) < 4.78 is 5.05. The zero-order valence-corrected chi connectivity index (χ0v) is 11.6. The van der Waals surface area contributed by atoms with Gasteiger partial charge in [-0.3, -0.25) is 4.79 Å². The molecule has 0 bridgehead atoms. The smallest absolute Gasteiger partial charge is 0.169 e. The van der Waals surface area contributed by atoms with Crippen LogP contribution in [-0.4, -0.2) is 18.0 Å². The highest BCUT2D eigenvalue weighted by molar-refractivity contribution is 5.97. The van der Waals surface area contributed by atoms with Gasteiger partial charge in [0.25, 0.3) is 0 Å². The van der Waals surface area contributed by atoms with Gasteiger partial charge in [0.15, 0.2) is 5.78 Å². The molecular formula is C16H20O3. The van der Waals surface area contributed by atoms with Crippen molar-refractivity contribution < 1.29 is 14.6 Å². The molecule has 1 atom stereocenters. The number of hydrogen-bond donors (Lipinski definition) is 1. The number of hydrogen-bond acceptors (Lipinski definition) is 3. The van der Waals surface area contributed by atoms with Gasteiger partial charge in [-0.05, 0) is 26.3 Å². The lowest BCUT2D eigenvalue weighted by atomic mass is 9.79. The Kier molecular flexibility index (Phi) is 5.37. The largest absolute Gasteiger partial charge is 0.508 e. The van der Waals surface area contributed by atoms with E-state index in [9.17, 15) is 9.90 Å². The van der Waals surface area contributed by atoms with Crippen LogP contribution < -0.4 is 0 Å². The maximum atomic E-state index is 12.1. The van der Waals surface area contributed by atoms with Crippen LogP contribution >= 0.6 is 0 Å². The van der Waals surface area contributed by atoms with Crippen LogP contribution in [0.1, 0.15) is 20.3 Å². The minimum Gasteiger partial charge on any atom is -0.508 e. The first-order valence-electron chi connectivity index (χ1n) is 6.19. The maximum Gasteiger partial charge on any atom is 0.169 e. The molecular weight excluding hydrogens is 240 g/mol. The van der Waals surface area contributed by atoms with E-state index in [-0.39, 0.29) is 11.5 Å². The Hall–Kier alpha value is -2.03. The predicted molar refractivity (Wildman–Crippen MR) is 76.6 cm³/mol. The van der Waals surface area contributed by atoms with Crippen molar-refractivity contribution >= 4 is 5.78 Å². The van der Waals surface area contributed by atoms with Crippen LogP contribution in [0.4, 0.5) is 0 Å². The molecule has 1 unspecified atom stereocenters. The van der Waals surface area contributed by atoms with E-state index in [1.807, 2.05) is 38.2 Å². The number of methoxy groups -OCH3 is 1. The summed E-state index contributed by atoms with van der Waals surface area (Å²) in [7, 11) is 1.51. The molecule has 0 spiro atoms. The molecule has 3 nitrogen and oxygen atoms in total. The van der Waals surface area contributed by atoms with E-state index in [4.69, 9.17) is 4.74 Å². The summed E-state index contributed by atoms with van der Waals surface area (Å²) in [6.07, 6.45) is 14.4. The van der Waals surface area contributed by atoms with Gasteiger partial charge in [-0.2, -0.15) is 0 Å². The SMILES string of the molecule is C\C=C/C(=C\C(O)=C\C(=O)C1(C)C=CC=CC1)OC. The second-order valence-electron chi connectivity index (χ2n) is 4.59. The fraction of sp³-hybridized carbons (Fsp3) is 0.312. The number of aliphatic hydroxyl groups is 1. The lowest BCUT2D eigenvalue weighted by molar-refractivity contribution is -0.120. The third kappa shape index (κ3) is 4.28. The van der Waals surface area contributed by atoms with Crippen molar-refractivity contribution in [1.29, 1.82) is 0 Å². The Bertz CT molecular complexity index is 478. The summed E-state index contributed by atoms with van der Waals surface area (Å²) in [6.45, 7) is 3.70. The van der Waals surface area contributed by atoms with Gasteiger partial charge in [0, 0.05) is 12.2 Å². The molecule has 0 heterocycles. The topological polar surface area (TPSA) is 46.5 Å². The maximum absolute atomic E-state index is 12.1. The normalized spacial score (nSPS) is 23.9. The van der Waals surface area contributed by atoms with E-state index in [1.54, 1.807) is 12.2 Å². The first kappa shape index (κ1) is 15.0.